The third kappa shape index (κ3) is 5.99. The second kappa shape index (κ2) is 11.0. The molecular weight excluding hydrogens is 606 g/mol. The molecule has 0 atom stereocenters. The van der Waals surface area contributed by atoms with Crippen LogP contribution < -0.4 is 21.7 Å². The summed E-state index contributed by atoms with van der Waals surface area (Å²) in [5.74, 6) is 3.36. The smallest absolute Gasteiger partial charge is 0.254 e. The van der Waals surface area contributed by atoms with Crippen LogP contribution in [0.3, 0.4) is 0 Å². The summed E-state index contributed by atoms with van der Waals surface area (Å²) in [6.07, 6.45) is 9.30. The minimum Gasteiger partial charge on any atom is -0.383 e. The van der Waals surface area contributed by atoms with Crippen LogP contribution in [-0.2, 0) is 0 Å². The van der Waals surface area contributed by atoms with Gasteiger partial charge in [0.15, 0.2) is 5.82 Å². The first-order chi connectivity index (χ1) is 17.9. The lowest BCUT2D eigenvalue weighted by Crippen LogP contribution is -2.45. The molecule has 4 aromatic heterocycles. The summed E-state index contributed by atoms with van der Waals surface area (Å²) in [5.41, 5.74) is 11.8. The fourth-order valence-corrected chi connectivity index (χ4v) is 4.34. The van der Waals surface area contributed by atoms with Crippen LogP contribution in [0, 0.1) is 0 Å². The van der Waals surface area contributed by atoms with Crippen molar-refractivity contribution in [3.8, 4) is 11.9 Å². The SMILES string of the molecule is CN1CCN(c2nc(-n3cccn3)nc(N)c2Br)CC1.Nc1nc(-n2cccn2)nc(NC2CC2)c1Br. The van der Waals surface area contributed by atoms with Gasteiger partial charge < -0.3 is 26.6 Å². The normalized spacial score (nSPS) is 15.8. The molecule has 13 nitrogen and oxygen atoms in total. The molecule has 37 heavy (non-hydrogen) atoms. The zero-order chi connectivity index (χ0) is 25.9. The van der Waals surface area contributed by atoms with Gasteiger partial charge in [0.1, 0.15) is 26.4 Å². The van der Waals surface area contributed by atoms with Crippen molar-refractivity contribution in [3.63, 3.8) is 0 Å². The number of halogens is 2. The average molecular weight is 633 g/mol. The van der Waals surface area contributed by atoms with E-state index in [1.807, 2.05) is 12.1 Å². The molecular formula is C22H27Br2N13. The molecule has 4 aromatic rings. The third-order valence-corrected chi connectivity index (χ3v) is 7.39. The lowest BCUT2D eigenvalue weighted by molar-refractivity contribution is 0.312. The van der Waals surface area contributed by atoms with Crippen molar-refractivity contribution in [2.24, 2.45) is 0 Å². The quantitative estimate of drug-likeness (QED) is 0.296. The third-order valence-electron chi connectivity index (χ3n) is 5.85. The fourth-order valence-electron chi connectivity index (χ4n) is 3.62. The predicted molar refractivity (Wildman–Crippen MR) is 149 cm³/mol. The molecule has 0 spiro atoms. The zero-order valence-corrected chi connectivity index (χ0v) is 23.3. The summed E-state index contributed by atoms with van der Waals surface area (Å²) in [5, 5.41) is 11.5. The van der Waals surface area contributed by atoms with Crippen molar-refractivity contribution in [1.29, 1.82) is 0 Å². The van der Waals surface area contributed by atoms with Crippen molar-refractivity contribution in [3.05, 3.63) is 45.9 Å². The minimum absolute atomic E-state index is 0.411. The largest absolute Gasteiger partial charge is 0.383 e. The van der Waals surface area contributed by atoms with Gasteiger partial charge in [-0.3, -0.25) is 0 Å². The molecule has 0 bridgehead atoms. The number of aromatic nitrogens is 8. The molecule has 15 heteroatoms. The number of anilines is 4. The maximum absolute atomic E-state index is 5.99. The van der Waals surface area contributed by atoms with Gasteiger partial charge in [0.2, 0.25) is 0 Å². The van der Waals surface area contributed by atoms with Crippen LogP contribution in [0.2, 0.25) is 0 Å². The highest BCUT2D eigenvalue weighted by Gasteiger charge is 2.24. The van der Waals surface area contributed by atoms with E-state index in [1.54, 1.807) is 34.2 Å². The first-order valence-corrected chi connectivity index (χ1v) is 13.3. The molecule has 194 valence electrons. The molecule has 1 saturated carbocycles. The number of nitrogens with two attached hydrogens (primary N) is 2. The van der Waals surface area contributed by atoms with E-state index in [4.69, 9.17) is 11.5 Å². The zero-order valence-electron chi connectivity index (χ0n) is 20.2. The molecule has 1 saturated heterocycles. The Bertz CT molecular complexity index is 1330. The number of nitrogens with one attached hydrogen (secondary N) is 1. The van der Waals surface area contributed by atoms with Crippen molar-refractivity contribution in [2.45, 2.75) is 18.9 Å². The van der Waals surface area contributed by atoms with Crippen LogP contribution in [0.4, 0.5) is 23.3 Å². The second-order valence-corrected chi connectivity index (χ2v) is 10.3. The summed E-state index contributed by atoms with van der Waals surface area (Å²) >= 11 is 6.89. The van der Waals surface area contributed by atoms with Crippen LogP contribution >= 0.6 is 31.9 Å². The topological polar surface area (TPSA) is 158 Å². The summed E-state index contributed by atoms with van der Waals surface area (Å²) in [4.78, 5) is 22.0. The summed E-state index contributed by atoms with van der Waals surface area (Å²) in [7, 11) is 2.12. The first-order valence-electron chi connectivity index (χ1n) is 11.7. The maximum atomic E-state index is 5.99. The Labute approximate surface area is 230 Å². The van der Waals surface area contributed by atoms with Crippen molar-refractivity contribution < 1.29 is 0 Å². The number of hydrogen-bond acceptors (Lipinski definition) is 11. The molecule has 2 aliphatic rings. The van der Waals surface area contributed by atoms with Gasteiger partial charge in [-0.15, -0.1) is 0 Å². The highest BCUT2D eigenvalue weighted by molar-refractivity contribution is 9.11. The fraction of sp³-hybridized carbons (Fsp3) is 0.364. The highest BCUT2D eigenvalue weighted by Crippen LogP contribution is 2.31. The van der Waals surface area contributed by atoms with Crippen molar-refractivity contribution >= 4 is 55.1 Å². The minimum atomic E-state index is 0.411. The van der Waals surface area contributed by atoms with Gasteiger partial charge in [-0.2, -0.15) is 30.1 Å². The van der Waals surface area contributed by atoms with Gasteiger partial charge in [-0.05, 0) is 63.9 Å². The maximum Gasteiger partial charge on any atom is 0.254 e. The molecule has 5 heterocycles. The predicted octanol–water partition coefficient (Wildman–Crippen LogP) is 2.34. The molecule has 0 radical (unpaired) electrons. The van der Waals surface area contributed by atoms with Gasteiger partial charge in [0, 0.05) is 57.0 Å². The van der Waals surface area contributed by atoms with Crippen molar-refractivity contribution in [1.82, 2.24) is 44.4 Å². The number of likely N-dealkylation sites (N-methyl/N-ethyl adjacent to an activating group) is 1. The average Bonchev–Trinajstić information content (AvgIpc) is 3.32. The van der Waals surface area contributed by atoms with E-state index in [1.165, 1.54) is 12.8 Å². The molecule has 0 aromatic carbocycles. The van der Waals surface area contributed by atoms with Gasteiger partial charge in [0.05, 0.1) is 0 Å². The molecule has 0 unspecified atom stereocenters. The Balaban J connectivity index is 0.000000153. The van der Waals surface area contributed by atoms with Crippen LogP contribution in [-0.4, -0.2) is 83.7 Å². The van der Waals surface area contributed by atoms with E-state index < -0.39 is 0 Å². The van der Waals surface area contributed by atoms with Crippen LogP contribution in [0.25, 0.3) is 11.9 Å². The van der Waals surface area contributed by atoms with Gasteiger partial charge in [0.25, 0.3) is 11.9 Å². The van der Waals surface area contributed by atoms with Crippen LogP contribution in [0.15, 0.2) is 45.9 Å². The summed E-state index contributed by atoms with van der Waals surface area (Å²) in [6.45, 7) is 3.86. The van der Waals surface area contributed by atoms with Gasteiger partial charge in [-0.25, -0.2) is 9.36 Å². The van der Waals surface area contributed by atoms with E-state index >= 15 is 0 Å². The van der Waals surface area contributed by atoms with E-state index in [-0.39, 0.29) is 0 Å². The Morgan fingerprint density at radius 1 is 0.811 bits per heavy atom. The number of nitrogens with zero attached hydrogens (tertiary/aromatic N) is 10. The Morgan fingerprint density at radius 3 is 1.92 bits per heavy atom. The highest BCUT2D eigenvalue weighted by atomic mass is 79.9. The van der Waals surface area contributed by atoms with Crippen LogP contribution in [0.5, 0.6) is 0 Å². The van der Waals surface area contributed by atoms with E-state index in [9.17, 15) is 0 Å². The lowest BCUT2D eigenvalue weighted by Gasteiger charge is -2.33. The Morgan fingerprint density at radius 2 is 1.38 bits per heavy atom. The van der Waals surface area contributed by atoms with Gasteiger partial charge in [-0.1, -0.05) is 0 Å². The first kappa shape index (κ1) is 25.4. The molecule has 1 aliphatic carbocycles. The number of nitrogen functional groups attached to an aromatic ring is 2. The molecule has 6 rings (SSSR count). The van der Waals surface area contributed by atoms with Crippen molar-refractivity contribution in [2.75, 3.05) is 54.9 Å². The van der Waals surface area contributed by atoms with Crippen LogP contribution in [0.1, 0.15) is 12.8 Å². The number of piperazine rings is 1. The lowest BCUT2D eigenvalue weighted by atomic mass is 10.3. The second-order valence-electron chi connectivity index (χ2n) is 8.73. The van der Waals surface area contributed by atoms with E-state index in [0.29, 0.717) is 34.0 Å². The molecule has 1 aliphatic heterocycles. The summed E-state index contributed by atoms with van der Waals surface area (Å²) < 4.78 is 4.65. The standard InChI is InChI=1S/C12H16BrN7.C10H11BrN6/c1-18-5-7-19(8-6-18)11-9(13)10(14)16-12(17-11)20-4-2-3-15-20;11-7-8(12)15-10(17-5-1-4-13-17)16-9(7)14-6-2-3-6/h2-4H,5-8H2,1H3,(H2,14,16,17);1,4-6H,2-3H2,(H3,12,14,15,16). The number of hydrogen-bond donors (Lipinski definition) is 3. The van der Waals surface area contributed by atoms with E-state index in [0.717, 1.165) is 42.3 Å². The number of rotatable bonds is 5. The molecule has 2 fully saturated rings. The van der Waals surface area contributed by atoms with Gasteiger partial charge >= 0.3 is 0 Å². The summed E-state index contributed by atoms with van der Waals surface area (Å²) in [6, 6.07) is 4.15. The Kier molecular flexibility index (Phi) is 7.53. The Hall–Kier alpha value is -3.30. The molecule has 5 N–H and O–H groups in total. The molecule has 0 amide bonds. The van der Waals surface area contributed by atoms with E-state index in [2.05, 4.69) is 84.2 Å². The monoisotopic (exact) mass is 631 g/mol.